The predicted molar refractivity (Wildman–Crippen MR) is 117 cm³/mol. The van der Waals surface area contributed by atoms with Gasteiger partial charge in [0, 0.05) is 12.1 Å². The van der Waals surface area contributed by atoms with E-state index in [1.165, 1.54) is 24.3 Å². The highest BCUT2D eigenvalue weighted by molar-refractivity contribution is 5.95. The number of esters is 1. The average Bonchev–Trinajstić information content (AvgIpc) is 2.81. The Morgan fingerprint density at radius 1 is 1.00 bits per heavy atom. The Bertz CT molecular complexity index is 1510. The molecule has 0 amide bonds. The van der Waals surface area contributed by atoms with Crippen LogP contribution in [-0.2, 0) is 6.18 Å². The van der Waals surface area contributed by atoms with Crippen molar-refractivity contribution in [2.75, 3.05) is 0 Å². The van der Waals surface area contributed by atoms with E-state index >= 15 is 0 Å². The van der Waals surface area contributed by atoms with E-state index < -0.39 is 45.3 Å². The Hall–Kier alpha value is -4.67. The van der Waals surface area contributed by atoms with Crippen LogP contribution >= 0.6 is 0 Å². The summed E-state index contributed by atoms with van der Waals surface area (Å²) in [5.41, 5.74) is -1.65. The Labute approximate surface area is 194 Å². The van der Waals surface area contributed by atoms with E-state index in [-0.39, 0.29) is 22.4 Å². The van der Waals surface area contributed by atoms with Gasteiger partial charge in [-0.15, -0.1) is 0 Å². The molecule has 1 heterocycles. The molecule has 8 nitrogen and oxygen atoms in total. The first-order valence-corrected chi connectivity index (χ1v) is 9.93. The SMILES string of the molecule is Cc1ccc(Oc2c(C(F)(F)F)oc3cc(OC(=O)c4ccccc4[N+](=O)[O-])ccc3c2=O)cc1. The molecule has 3 aromatic carbocycles. The summed E-state index contributed by atoms with van der Waals surface area (Å²) in [6, 6.07) is 14.2. The van der Waals surface area contributed by atoms with Crippen molar-refractivity contribution in [3.8, 4) is 17.2 Å². The molecule has 0 aliphatic heterocycles. The molecule has 0 N–H and O–H groups in total. The second-order valence-corrected chi connectivity index (χ2v) is 7.32. The minimum Gasteiger partial charge on any atom is -0.449 e. The smallest absolute Gasteiger partial charge is 0.449 e. The summed E-state index contributed by atoms with van der Waals surface area (Å²) < 4.78 is 56.4. The number of fused-ring (bicyclic) bond motifs is 1. The lowest BCUT2D eigenvalue weighted by Crippen LogP contribution is -2.16. The van der Waals surface area contributed by atoms with E-state index in [1.54, 1.807) is 19.1 Å². The second-order valence-electron chi connectivity index (χ2n) is 7.32. The molecule has 0 aliphatic carbocycles. The van der Waals surface area contributed by atoms with Crippen LogP contribution in [0.1, 0.15) is 21.7 Å². The number of nitro benzene ring substituents is 1. The van der Waals surface area contributed by atoms with Gasteiger partial charge in [-0.3, -0.25) is 14.9 Å². The maximum absolute atomic E-state index is 13.7. The number of carbonyl (C=O) groups excluding carboxylic acids is 1. The molecule has 178 valence electrons. The van der Waals surface area contributed by atoms with Gasteiger partial charge in [0.05, 0.1) is 10.3 Å². The number of halogens is 3. The molecule has 0 atom stereocenters. The van der Waals surface area contributed by atoms with Crippen LogP contribution in [0.5, 0.6) is 17.2 Å². The van der Waals surface area contributed by atoms with E-state index in [2.05, 4.69) is 0 Å². The molecule has 0 fully saturated rings. The van der Waals surface area contributed by atoms with Crippen molar-refractivity contribution in [1.82, 2.24) is 0 Å². The fourth-order valence-electron chi connectivity index (χ4n) is 3.19. The summed E-state index contributed by atoms with van der Waals surface area (Å²) in [6.45, 7) is 1.77. The molecule has 0 spiro atoms. The fourth-order valence-corrected chi connectivity index (χ4v) is 3.19. The molecule has 0 radical (unpaired) electrons. The van der Waals surface area contributed by atoms with E-state index in [4.69, 9.17) is 13.9 Å². The molecule has 11 heteroatoms. The molecule has 0 aliphatic rings. The summed E-state index contributed by atoms with van der Waals surface area (Å²) in [6.07, 6.45) is -5.08. The van der Waals surface area contributed by atoms with Crippen LogP contribution in [0.25, 0.3) is 11.0 Å². The Morgan fingerprint density at radius 3 is 2.31 bits per heavy atom. The molecule has 0 saturated heterocycles. The van der Waals surface area contributed by atoms with Crippen molar-refractivity contribution in [3.05, 3.63) is 104 Å². The molecular weight excluding hydrogens is 471 g/mol. The van der Waals surface area contributed by atoms with Gasteiger partial charge in [-0.1, -0.05) is 29.8 Å². The van der Waals surface area contributed by atoms with E-state index in [0.29, 0.717) is 0 Å². The Kier molecular flexibility index (Phi) is 6.00. The van der Waals surface area contributed by atoms with Gasteiger partial charge in [-0.05, 0) is 37.3 Å². The number of hydrogen-bond acceptors (Lipinski definition) is 7. The molecule has 0 saturated carbocycles. The lowest BCUT2D eigenvalue weighted by Gasteiger charge is -2.13. The first kappa shape index (κ1) is 23.5. The Morgan fingerprint density at radius 2 is 1.66 bits per heavy atom. The number of hydrogen-bond donors (Lipinski definition) is 0. The quantitative estimate of drug-likeness (QED) is 0.147. The highest BCUT2D eigenvalue weighted by Crippen LogP contribution is 2.38. The van der Waals surface area contributed by atoms with Gasteiger partial charge in [0.1, 0.15) is 22.6 Å². The largest absolute Gasteiger partial charge is 0.453 e. The fraction of sp³-hybridized carbons (Fsp3) is 0.0833. The number of para-hydroxylation sites is 1. The van der Waals surface area contributed by atoms with Gasteiger partial charge in [-0.2, -0.15) is 13.2 Å². The first-order chi connectivity index (χ1) is 16.5. The van der Waals surface area contributed by atoms with E-state index in [0.717, 1.165) is 35.9 Å². The van der Waals surface area contributed by atoms with Crippen molar-refractivity contribution in [2.45, 2.75) is 13.1 Å². The van der Waals surface area contributed by atoms with Crippen molar-refractivity contribution in [2.24, 2.45) is 0 Å². The van der Waals surface area contributed by atoms with Crippen molar-refractivity contribution in [1.29, 1.82) is 0 Å². The number of alkyl halides is 3. The van der Waals surface area contributed by atoms with Gasteiger partial charge in [0.15, 0.2) is 0 Å². The monoisotopic (exact) mass is 485 g/mol. The summed E-state index contributed by atoms with van der Waals surface area (Å²) >= 11 is 0. The summed E-state index contributed by atoms with van der Waals surface area (Å²) in [4.78, 5) is 35.7. The van der Waals surface area contributed by atoms with Crippen molar-refractivity contribution >= 4 is 22.6 Å². The first-order valence-electron chi connectivity index (χ1n) is 9.93. The van der Waals surface area contributed by atoms with Crippen LogP contribution in [0.3, 0.4) is 0 Å². The number of nitro groups is 1. The number of rotatable bonds is 5. The summed E-state index contributed by atoms with van der Waals surface area (Å²) in [5, 5.41) is 10.9. The molecule has 4 rings (SSSR count). The van der Waals surface area contributed by atoms with Crippen LogP contribution in [-0.4, -0.2) is 10.9 Å². The maximum atomic E-state index is 13.7. The highest BCUT2D eigenvalue weighted by atomic mass is 19.4. The zero-order valence-corrected chi connectivity index (χ0v) is 17.8. The second kappa shape index (κ2) is 8.93. The minimum absolute atomic E-state index is 0.00255. The number of ether oxygens (including phenoxy) is 2. The number of aryl methyl sites for hydroxylation is 1. The van der Waals surface area contributed by atoms with Crippen molar-refractivity contribution < 1.29 is 36.8 Å². The lowest BCUT2D eigenvalue weighted by molar-refractivity contribution is -0.385. The predicted octanol–water partition coefficient (Wildman–Crippen LogP) is 6.04. The highest BCUT2D eigenvalue weighted by Gasteiger charge is 2.40. The van der Waals surface area contributed by atoms with Crippen LogP contribution in [0.15, 0.2) is 75.9 Å². The number of nitrogens with zero attached hydrogens (tertiary/aromatic N) is 1. The number of benzene rings is 3. The van der Waals surface area contributed by atoms with Crippen LogP contribution < -0.4 is 14.9 Å². The van der Waals surface area contributed by atoms with Crippen LogP contribution in [0, 0.1) is 17.0 Å². The molecule has 0 bridgehead atoms. The van der Waals surface area contributed by atoms with Gasteiger partial charge < -0.3 is 13.9 Å². The van der Waals surface area contributed by atoms with Crippen LogP contribution in [0.4, 0.5) is 18.9 Å². The number of carbonyl (C=O) groups is 1. The van der Waals surface area contributed by atoms with E-state index in [1.807, 2.05) is 0 Å². The zero-order chi connectivity index (χ0) is 25.3. The van der Waals surface area contributed by atoms with Gasteiger partial charge in [0.2, 0.25) is 11.2 Å². The van der Waals surface area contributed by atoms with Gasteiger partial charge in [0.25, 0.3) is 11.4 Å². The standard InChI is InChI=1S/C24H14F3NO7/c1-13-6-8-14(9-7-13)33-21-20(29)17-11-10-15(12-19(17)35-22(21)24(25,26)27)34-23(30)16-4-2-3-5-18(16)28(31)32/h2-12H,1H3. The topological polar surface area (TPSA) is 109 Å². The summed E-state index contributed by atoms with van der Waals surface area (Å²) in [7, 11) is 0. The molecule has 1 aromatic heterocycles. The lowest BCUT2D eigenvalue weighted by atomic mass is 10.1. The molecular formula is C24H14F3NO7. The molecule has 0 unspecified atom stereocenters. The third kappa shape index (κ3) is 4.83. The van der Waals surface area contributed by atoms with Gasteiger partial charge in [-0.25, -0.2) is 4.79 Å². The van der Waals surface area contributed by atoms with E-state index in [9.17, 15) is 32.9 Å². The zero-order valence-electron chi connectivity index (χ0n) is 17.8. The van der Waals surface area contributed by atoms with Crippen LogP contribution in [0.2, 0.25) is 0 Å². The minimum atomic E-state index is -5.08. The molecule has 4 aromatic rings. The third-order valence-electron chi connectivity index (χ3n) is 4.85. The van der Waals surface area contributed by atoms with Gasteiger partial charge >= 0.3 is 12.1 Å². The normalized spacial score (nSPS) is 11.3. The maximum Gasteiger partial charge on any atom is 0.453 e. The summed E-state index contributed by atoms with van der Waals surface area (Å²) in [5.74, 6) is -4.11. The Balaban J connectivity index is 1.75. The molecule has 35 heavy (non-hydrogen) atoms. The average molecular weight is 485 g/mol. The van der Waals surface area contributed by atoms with Crippen molar-refractivity contribution in [3.63, 3.8) is 0 Å². The third-order valence-corrected chi connectivity index (χ3v) is 4.85.